The van der Waals surface area contributed by atoms with E-state index in [0.717, 1.165) is 0 Å². The number of piperidine rings is 1. The summed E-state index contributed by atoms with van der Waals surface area (Å²) < 4.78 is 51.9. The van der Waals surface area contributed by atoms with E-state index in [1.165, 1.54) is 12.1 Å². The molecule has 1 atom stereocenters. The Morgan fingerprint density at radius 1 is 1.26 bits per heavy atom. The zero-order valence-corrected chi connectivity index (χ0v) is 11.8. The van der Waals surface area contributed by atoms with Gasteiger partial charge in [-0.2, -0.15) is 13.2 Å². The van der Waals surface area contributed by atoms with E-state index in [0.29, 0.717) is 29.5 Å². The molecule has 0 amide bonds. The number of hydrogen-bond acceptors (Lipinski definition) is 1. The van der Waals surface area contributed by atoms with E-state index in [9.17, 15) is 17.6 Å². The highest BCUT2D eigenvalue weighted by Gasteiger charge is 2.41. The van der Waals surface area contributed by atoms with Crippen LogP contribution in [0.3, 0.4) is 0 Å². The molecule has 106 valence electrons. The normalized spacial score (nSPS) is 21.6. The third-order valence-corrected chi connectivity index (χ3v) is 3.75. The van der Waals surface area contributed by atoms with Crippen LogP contribution in [0.25, 0.3) is 0 Å². The van der Waals surface area contributed by atoms with Crippen molar-refractivity contribution in [1.82, 2.24) is 4.90 Å². The highest BCUT2D eigenvalue weighted by Crippen LogP contribution is 2.33. The van der Waals surface area contributed by atoms with Gasteiger partial charge < -0.3 is 0 Å². The second-order valence-electron chi connectivity index (χ2n) is 4.89. The minimum absolute atomic E-state index is 0.00235. The van der Waals surface area contributed by atoms with Gasteiger partial charge in [0.15, 0.2) is 0 Å². The van der Waals surface area contributed by atoms with Gasteiger partial charge in [0, 0.05) is 17.6 Å². The van der Waals surface area contributed by atoms with Crippen molar-refractivity contribution in [2.24, 2.45) is 5.92 Å². The molecule has 1 aromatic rings. The predicted molar refractivity (Wildman–Crippen MR) is 68.2 cm³/mol. The number of hydrogen-bond donors (Lipinski definition) is 0. The highest BCUT2D eigenvalue weighted by atomic mass is 79.9. The van der Waals surface area contributed by atoms with E-state index in [1.807, 2.05) is 0 Å². The molecule has 0 bridgehead atoms. The minimum atomic E-state index is -4.14. The zero-order chi connectivity index (χ0) is 14.0. The SMILES string of the molecule is Fc1cc(Br)cc(CN2CCCC(C(F)(F)F)C2)c1. The van der Waals surface area contributed by atoms with Crippen LogP contribution in [-0.2, 0) is 6.54 Å². The van der Waals surface area contributed by atoms with Crippen LogP contribution in [0.15, 0.2) is 22.7 Å². The third kappa shape index (κ3) is 4.18. The first-order chi connectivity index (χ1) is 8.84. The van der Waals surface area contributed by atoms with Gasteiger partial charge in [-0.3, -0.25) is 4.90 Å². The summed E-state index contributed by atoms with van der Waals surface area (Å²) in [7, 11) is 0. The molecular weight excluding hydrogens is 326 g/mol. The van der Waals surface area contributed by atoms with Crippen LogP contribution < -0.4 is 0 Å². The molecule has 1 aliphatic heterocycles. The number of alkyl halides is 3. The second kappa shape index (κ2) is 5.79. The first-order valence-electron chi connectivity index (χ1n) is 6.08. The molecule has 6 heteroatoms. The number of halogens is 5. The molecule has 0 radical (unpaired) electrons. The van der Waals surface area contributed by atoms with Crippen molar-refractivity contribution in [1.29, 1.82) is 0 Å². The van der Waals surface area contributed by atoms with Crippen molar-refractivity contribution >= 4 is 15.9 Å². The Morgan fingerprint density at radius 3 is 2.63 bits per heavy atom. The zero-order valence-electron chi connectivity index (χ0n) is 10.2. The molecule has 0 aromatic heterocycles. The summed E-state index contributed by atoms with van der Waals surface area (Å²) in [4.78, 5) is 1.74. The van der Waals surface area contributed by atoms with Gasteiger partial charge in [-0.1, -0.05) is 15.9 Å². The molecule has 0 saturated carbocycles. The summed E-state index contributed by atoms with van der Waals surface area (Å²) in [6.45, 7) is 0.973. The van der Waals surface area contributed by atoms with Crippen molar-refractivity contribution in [2.75, 3.05) is 13.1 Å². The Bertz CT molecular complexity index is 427. The van der Waals surface area contributed by atoms with Gasteiger partial charge >= 0.3 is 6.18 Å². The van der Waals surface area contributed by atoms with Crippen LogP contribution >= 0.6 is 15.9 Å². The summed E-state index contributed by atoms with van der Waals surface area (Å²) in [5, 5.41) is 0. The van der Waals surface area contributed by atoms with E-state index < -0.39 is 12.1 Å². The fourth-order valence-corrected chi connectivity index (χ4v) is 2.94. The predicted octanol–water partition coefficient (Wildman–Crippen LogP) is 4.36. The van der Waals surface area contributed by atoms with Crippen LogP contribution in [0.5, 0.6) is 0 Å². The van der Waals surface area contributed by atoms with Crippen molar-refractivity contribution in [3.8, 4) is 0 Å². The minimum Gasteiger partial charge on any atom is -0.298 e. The Labute approximate surface area is 117 Å². The maximum atomic E-state index is 13.2. The van der Waals surface area contributed by atoms with E-state index in [-0.39, 0.29) is 18.8 Å². The van der Waals surface area contributed by atoms with Crippen molar-refractivity contribution in [2.45, 2.75) is 25.6 Å². The van der Waals surface area contributed by atoms with Crippen molar-refractivity contribution in [3.05, 3.63) is 34.1 Å². The molecule has 0 spiro atoms. The van der Waals surface area contributed by atoms with Crippen molar-refractivity contribution in [3.63, 3.8) is 0 Å². The Morgan fingerprint density at radius 2 is 2.00 bits per heavy atom. The van der Waals surface area contributed by atoms with Crippen molar-refractivity contribution < 1.29 is 17.6 Å². The smallest absolute Gasteiger partial charge is 0.298 e. The lowest BCUT2D eigenvalue weighted by Crippen LogP contribution is -2.41. The Kier molecular flexibility index (Phi) is 4.50. The molecule has 1 unspecified atom stereocenters. The number of benzene rings is 1. The van der Waals surface area contributed by atoms with Crippen LogP contribution in [0.2, 0.25) is 0 Å². The van der Waals surface area contributed by atoms with Crippen LogP contribution in [-0.4, -0.2) is 24.2 Å². The fourth-order valence-electron chi connectivity index (χ4n) is 2.43. The Hall–Kier alpha value is -0.620. The Balaban J connectivity index is 2.02. The standard InChI is InChI=1S/C13H14BrF4N/c14-11-4-9(5-12(15)6-11)7-19-3-1-2-10(8-19)13(16,17)18/h4-6,10H,1-3,7-8H2. The lowest BCUT2D eigenvalue weighted by molar-refractivity contribution is -0.187. The lowest BCUT2D eigenvalue weighted by atomic mass is 9.97. The molecule has 0 aliphatic carbocycles. The topological polar surface area (TPSA) is 3.24 Å². The average Bonchev–Trinajstić information content (AvgIpc) is 2.26. The van der Waals surface area contributed by atoms with E-state index >= 15 is 0 Å². The maximum Gasteiger partial charge on any atom is 0.393 e. The summed E-state index contributed by atoms with van der Waals surface area (Å²) in [6.07, 6.45) is -3.42. The second-order valence-corrected chi connectivity index (χ2v) is 5.81. The van der Waals surface area contributed by atoms with E-state index in [4.69, 9.17) is 0 Å². The van der Waals surface area contributed by atoms with Crippen LogP contribution in [0.1, 0.15) is 18.4 Å². The molecule has 1 aromatic carbocycles. The summed E-state index contributed by atoms with van der Waals surface area (Å²) in [6, 6.07) is 4.43. The molecule has 1 saturated heterocycles. The largest absolute Gasteiger partial charge is 0.393 e. The lowest BCUT2D eigenvalue weighted by Gasteiger charge is -2.33. The van der Waals surface area contributed by atoms with Crippen LogP contribution in [0, 0.1) is 11.7 Å². The molecule has 1 nitrogen and oxygen atoms in total. The number of nitrogens with zero attached hydrogens (tertiary/aromatic N) is 1. The molecule has 0 N–H and O–H groups in total. The third-order valence-electron chi connectivity index (χ3n) is 3.30. The molecular formula is C13H14BrF4N. The van der Waals surface area contributed by atoms with Gasteiger partial charge in [0.1, 0.15) is 5.82 Å². The molecule has 19 heavy (non-hydrogen) atoms. The molecule has 1 fully saturated rings. The van der Waals surface area contributed by atoms with Gasteiger partial charge in [0.05, 0.1) is 5.92 Å². The van der Waals surface area contributed by atoms with Gasteiger partial charge in [-0.25, -0.2) is 4.39 Å². The number of likely N-dealkylation sites (tertiary alicyclic amines) is 1. The highest BCUT2D eigenvalue weighted by molar-refractivity contribution is 9.10. The van der Waals surface area contributed by atoms with E-state index in [1.54, 1.807) is 11.0 Å². The van der Waals surface area contributed by atoms with Gasteiger partial charge in [-0.15, -0.1) is 0 Å². The average molecular weight is 340 g/mol. The summed E-state index contributed by atoms with van der Waals surface area (Å²) >= 11 is 3.18. The monoisotopic (exact) mass is 339 g/mol. The first kappa shape index (κ1) is 14.8. The molecule has 1 aliphatic rings. The first-order valence-corrected chi connectivity index (χ1v) is 6.88. The summed E-state index contributed by atoms with van der Waals surface area (Å²) in [5.41, 5.74) is 0.690. The van der Waals surface area contributed by atoms with Crippen LogP contribution in [0.4, 0.5) is 17.6 Å². The van der Waals surface area contributed by atoms with Gasteiger partial charge in [0.2, 0.25) is 0 Å². The van der Waals surface area contributed by atoms with E-state index in [2.05, 4.69) is 15.9 Å². The molecule has 1 heterocycles. The molecule has 2 rings (SSSR count). The van der Waals surface area contributed by atoms with Gasteiger partial charge in [0.25, 0.3) is 0 Å². The summed E-state index contributed by atoms with van der Waals surface area (Å²) in [5.74, 6) is -1.65. The maximum absolute atomic E-state index is 13.2. The number of rotatable bonds is 2. The quantitative estimate of drug-likeness (QED) is 0.723. The van der Waals surface area contributed by atoms with Gasteiger partial charge in [-0.05, 0) is 43.1 Å². The fraction of sp³-hybridized carbons (Fsp3) is 0.538.